The molecular weight excluding hydrogens is 363 g/mol. The Morgan fingerprint density at radius 2 is 1.00 bits per heavy atom. The number of rotatable bonds is 16. The first kappa shape index (κ1) is 24.5. The number of halogens is 2. The number of hydrogen-bond donors (Lipinski definition) is 0. The summed E-state index contributed by atoms with van der Waals surface area (Å²) >= 11 is 11.6. The first-order chi connectivity index (χ1) is 11.9. The Balaban J connectivity index is 3.24. The molecule has 0 radical (unpaired) electrons. The van der Waals surface area contributed by atoms with Gasteiger partial charge in [-0.15, -0.1) is 23.2 Å². The highest BCUT2D eigenvalue weighted by atomic mass is 35.5. The van der Waals surface area contributed by atoms with Crippen LogP contribution in [0.2, 0.25) is 0 Å². The van der Waals surface area contributed by atoms with E-state index in [9.17, 15) is 9.59 Å². The topological polar surface area (TPSA) is 52.6 Å². The van der Waals surface area contributed by atoms with Crippen molar-refractivity contribution in [2.45, 2.75) is 95.2 Å². The van der Waals surface area contributed by atoms with Gasteiger partial charge >= 0.3 is 11.9 Å². The van der Waals surface area contributed by atoms with E-state index in [2.05, 4.69) is 0 Å². The minimum absolute atomic E-state index is 0.0189. The maximum absolute atomic E-state index is 11.4. The molecule has 25 heavy (non-hydrogen) atoms. The van der Waals surface area contributed by atoms with E-state index in [4.69, 9.17) is 32.7 Å². The van der Waals surface area contributed by atoms with Crippen LogP contribution in [0.15, 0.2) is 0 Å². The Labute approximate surface area is 162 Å². The Bertz CT molecular complexity index is 314. The van der Waals surface area contributed by atoms with E-state index in [1.165, 1.54) is 0 Å². The molecule has 0 spiro atoms. The molecule has 0 heterocycles. The molecule has 0 aliphatic carbocycles. The molecule has 2 atom stereocenters. The van der Waals surface area contributed by atoms with Gasteiger partial charge in [0.05, 0.1) is 13.2 Å². The number of alkyl halides is 2. The van der Waals surface area contributed by atoms with Gasteiger partial charge < -0.3 is 9.47 Å². The molecule has 0 saturated carbocycles. The van der Waals surface area contributed by atoms with E-state index in [-0.39, 0.29) is 22.7 Å². The minimum atomic E-state index is -0.150. The predicted molar refractivity (Wildman–Crippen MR) is 103 cm³/mol. The van der Waals surface area contributed by atoms with Gasteiger partial charge in [-0.2, -0.15) is 0 Å². The summed E-state index contributed by atoms with van der Waals surface area (Å²) in [7, 11) is 0. The van der Waals surface area contributed by atoms with Gasteiger partial charge in [0.25, 0.3) is 0 Å². The van der Waals surface area contributed by atoms with Crippen LogP contribution in [0.3, 0.4) is 0 Å². The Morgan fingerprint density at radius 1 is 0.680 bits per heavy atom. The van der Waals surface area contributed by atoms with Crippen molar-refractivity contribution >= 4 is 35.1 Å². The monoisotopic (exact) mass is 396 g/mol. The van der Waals surface area contributed by atoms with Crippen molar-refractivity contribution in [3.05, 3.63) is 0 Å². The predicted octanol–water partition coefficient (Wildman–Crippen LogP) is 5.62. The molecule has 2 unspecified atom stereocenters. The highest BCUT2D eigenvalue weighted by Gasteiger charge is 2.06. The van der Waals surface area contributed by atoms with Gasteiger partial charge in [-0.3, -0.25) is 9.59 Å². The second-order valence-corrected chi connectivity index (χ2v) is 8.04. The van der Waals surface area contributed by atoms with Crippen LogP contribution < -0.4 is 0 Å². The third kappa shape index (κ3) is 19.7. The zero-order valence-corrected chi connectivity index (χ0v) is 17.2. The molecule has 0 fully saturated rings. The number of hydrogen-bond acceptors (Lipinski definition) is 4. The van der Waals surface area contributed by atoms with Crippen LogP contribution in [0.4, 0.5) is 0 Å². The molecule has 0 aliphatic heterocycles. The smallest absolute Gasteiger partial charge is 0.305 e. The number of unbranched alkanes of at least 4 members (excludes halogenated alkanes) is 6. The Kier molecular flexibility index (Phi) is 16.6. The van der Waals surface area contributed by atoms with Crippen LogP contribution in [0.1, 0.15) is 84.5 Å². The molecule has 0 bridgehead atoms. The summed E-state index contributed by atoms with van der Waals surface area (Å²) < 4.78 is 10.3. The Hall–Kier alpha value is -0.480. The summed E-state index contributed by atoms with van der Waals surface area (Å²) in [5, 5.41) is 0.0378. The van der Waals surface area contributed by atoms with Crippen LogP contribution in [-0.4, -0.2) is 35.9 Å². The summed E-state index contributed by atoms with van der Waals surface area (Å²) in [6.45, 7) is 4.76. The third-order valence-corrected chi connectivity index (χ3v) is 4.24. The van der Waals surface area contributed by atoms with Crippen LogP contribution in [0, 0.1) is 0 Å². The van der Waals surface area contributed by atoms with Gasteiger partial charge in [-0.25, -0.2) is 0 Å². The molecule has 6 heteroatoms. The molecule has 4 nitrogen and oxygen atoms in total. The number of carbonyl (C=O) groups is 2. The van der Waals surface area contributed by atoms with Crippen LogP contribution in [0.25, 0.3) is 0 Å². The maximum atomic E-state index is 11.4. The van der Waals surface area contributed by atoms with E-state index in [0.29, 0.717) is 38.9 Å². The van der Waals surface area contributed by atoms with Crippen molar-refractivity contribution in [3.63, 3.8) is 0 Å². The first-order valence-corrected chi connectivity index (χ1v) is 10.4. The van der Waals surface area contributed by atoms with E-state index >= 15 is 0 Å². The SMILES string of the molecule is CC(Cl)CCC(=O)OCCCCCCCCCOC(=O)CCC(C)Cl. The van der Waals surface area contributed by atoms with Crippen molar-refractivity contribution in [2.24, 2.45) is 0 Å². The molecule has 0 aromatic carbocycles. The van der Waals surface area contributed by atoms with E-state index in [1.807, 2.05) is 13.8 Å². The summed E-state index contributed by atoms with van der Waals surface area (Å²) in [4.78, 5) is 22.8. The second kappa shape index (κ2) is 17.0. The van der Waals surface area contributed by atoms with Crippen molar-refractivity contribution in [2.75, 3.05) is 13.2 Å². The molecule has 0 aliphatic rings. The lowest BCUT2D eigenvalue weighted by atomic mass is 10.1. The van der Waals surface area contributed by atoms with Crippen molar-refractivity contribution < 1.29 is 19.1 Å². The maximum Gasteiger partial charge on any atom is 0.305 e. The minimum Gasteiger partial charge on any atom is -0.466 e. The number of carbonyl (C=O) groups excluding carboxylic acids is 2. The highest BCUT2D eigenvalue weighted by Crippen LogP contribution is 2.09. The second-order valence-electron chi connectivity index (χ2n) is 6.55. The van der Waals surface area contributed by atoms with Gasteiger partial charge in [0.2, 0.25) is 0 Å². The third-order valence-electron chi connectivity index (χ3n) is 3.81. The fraction of sp³-hybridized carbons (Fsp3) is 0.895. The lowest BCUT2D eigenvalue weighted by Crippen LogP contribution is -2.07. The average molecular weight is 397 g/mol. The highest BCUT2D eigenvalue weighted by molar-refractivity contribution is 6.20. The molecular formula is C19H34Cl2O4. The van der Waals surface area contributed by atoms with Crippen molar-refractivity contribution in [1.29, 1.82) is 0 Å². The van der Waals surface area contributed by atoms with E-state index in [0.717, 1.165) is 44.9 Å². The van der Waals surface area contributed by atoms with Crippen LogP contribution in [0.5, 0.6) is 0 Å². The lowest BCUT2D eigenvalue weighted by Gasteiger charge is -2.06. The fourth-order valence-electron chi connectivity index (χ4n) is 2.24. The van der Waals surface area contributed by atoms with Crippen LogP contribution in [-0.2, 0) is 19.1 Å². The van der Waals surface area contributed by atoms with Crippen LogP contribution >= 0.6 is 23.2 Å². The quantitative estimate of drug-likeness (QED) is 0.193. The van der Waals surface area contributed by atoms with Crippen molar-refractivity contribution in [1.82, 2.24) is 0 Å². The fourth-order valence-corrected chi connectivity index (χ4v) is 2.46. The molecule has 0 aromatic rings. The van der Waals surface area contributed by atoms with E-state index < -0.39 is 0 Å². The normalized spacial score (nSPS) is 13.3. The molecule has 0 saturated heterocycles. The lowest BCUT2D eigenvalue weighted by molar-refractivity contribution is -0.144. The number of esters is 2. The zero-order chi connectivity index (χ0) is 18.9. The van der Waals surface area contributed by atoms with Gasteiger partial charge in [0.15, 0.2) is 0 Å². The Morgan fingerprint density at radius 3 is 1.32 bits per heavy atom. The summed E-state index contributed by atoms with van der Waals surface area (Å²) in [6, 6.07) is 0. The van der Waals surface area contributed by atoms with Gasteiger partial charge in [0.1, 0.15) is 0 Å². The molecule has 0 N–H and O–H groups in total. The largest absolute Gasteiger partial charge is 0.466 e. The molecule has 0 amide bonds. The van der Waals surface area contributed by atoms with Gasteiger partial charge in [-0.1, -0.05) is 32.1 Å². The number of ether oxygens (including phenoxy) is 2. The summed E-state index contributed by atoms with van der Waals surface area (Å²) in [5.74, 6) is -0.301. The molecule has 0 rings (SSSR count). The zero-order valence-electron chi connectivity index (χ0n) is 15.7. The summed E-state index contributed by atoms with van der Waals surface area (Å²) in [5.41, 5.74) is 0. The average Bonchev–Trinajstić information content (AvgIpc) is 2.55. The molecule has 0 aromatic heterocycles. The van der Waals surface area contributed by atoms with E-state index in [1.54, 1.807) is 0 Å². The van der Waals surface area contributed by atoms with Gasteiger partial charge in [0, 0.05) is 23.6 Å². The summed E-state index contributed by atoms with van der Waals surface area (Å²) in [6.07, 6.45) is 9.57. The van der Waals surface area contributed by atoms with Crippen molar-refractivity contribution in [3.8, 4) is 0 Å². The standard InChI is InChI=1S/C19H34Cl2O4/c1-16(20)10-12-18(22)24-14-8-6-4-3-5-7-9-15-25-19(23)13-11-17(2)21/h16-17H,3-15H2,1-2H3. The van der Waals surface area contributed by atoms with Gasteiger partial charge in [-0.05, 0) is 39.5 Å². The molecule has 148 valence electrons. The first-order valence-electron chi connectivity index (χ1n) is 9.51.